The van der Waals surface area contributed by atoms with Crippen LogP contribution in [-0.2, 0) is 17.6 Å². The number of primary amides is 1. The molecule has 0 bridgehead atoms. The molecule has 2 aliphatic heterocycles. The van der Waals surface area contributed by atoms with E-state index in [9.17, 15) is 4.79 Å². The Morgan fingerprint density at radius 2 is 1.41 bits per heavy atom. The number of carbonyl (C=O) groups is 1. The van der Waals surface area contributed by atoms with Gasteiger partial charge in [0.25, 0.3) is 0 Å². The third kappa shape index (κ3) is 4.02. The summed E-state index contributed by atoms with van der Waals surface area (Å²) >= 11 is 0. The van der Waals surface area contributed by atoms with Crippen LogP contribution in [0.2, 0.25) is 0 Å². The predicted molar refractivity (Wildman–Crippen MR) is 130 cm³/mol. The normalized spacial score (nSPS) is 21.3. The quantitative estimate of drug-likeness (QED) is 0.799. The molecule has 4 nitrogen and oxygen atoms in total. The minimum absolute atomic E-state index is 0.121. The van der Waals surface area contributed by atoms with Gasteiger partial charge in [-0.05, 0) is 79.4 Å². The number of fused-ring (bicyclic) bond motifs is 2. The van der Waals surface area contributed by atoms with Gasteiger partial charge in [-0.3, -0.25) is 14.6 Å². The molecule has 0 radical (unpaired) electrons. The molecule has 0 unspecified atom stereocenters. The molecule has 2 aromatic carbocycles. The molecule has 0 saturated carbocycles. The number of benzene rings is 2. The fraction of sp³-hybridized carbons (Fsp3) is 0.464. The van der Waals surface area contributed by atoms with E-state index in [4.69, 9.17) is 5.73 Å². The molecular weight excluding hydrogens is 394 g/mol. The van der Waals surface area contributed by atoms with Crippen molar-refractivity contribution in [3.8, 4) is 0 Å². The van der Waals surface area contributed by atoms with Crippen molar-refractivity contribution in [2.75, 3.05) is 32.7 Å². The Morgan fingerprint density at radius 3 is 1.97 bits per heavy atom. The Bertz CT molecular complexity index is 948. The van der Waals surface area contributed by atoms with Crippen LogP contribution in [0.4, 0.5) is 0 Å². The third-order valence-corrected chi connectivity index (χ3v) is 7.94. The van der Waals surface area contributed by atoms with Crippen molar-refractivity contribution >= 4 is 11.5 Å². The van der Waals surface area contributed by atoms with Crippen LogP contribution < -0.4 is 5.73 Å². The number of hydrogen-bond acceptors (Lipinski definition) is 3. The molecule has 5 rings (SSSR count). The fourth-order valence-electron chi connectivity index (χ4n) is 6.00. The van der Waals surface area contributed by atoms with Crippen molar-refractivity contribution < 1.29 is 4.79 Å². The second-order valence-corrected chi connectivity index (χ2v) is 9.68. The van der Waals surface area contributed by atoms with Crippen molar-refractivity contribution in [3.05, 3.63) is 76.9 Å². The number of nitrogens with zero attached hydrogens (tertiary/aromatic N) is 2. The van der Waals surface area contributed by atoms with Crippen LogP contribution in [0.15, 0.2) is 54.6 Å². The minimum Gasteiger partial charge on any atom is -0.368 e. The van der Waals surface area contributed by atoms with Crippen LogP contribution in [-0.4, -0.2) is 54.0 Å². The van der Waals surface area contributed by atoms with Crippen molar-refractivity contribution in [2.24, 2.45) is 5.73 Å². The predicted octanol–water partition coefficient (Wildman–Crippen LogP) is 4.02. The van der Waals surface area contributed by atoms with Crippen LogP contribution in [0.1, 0.15) is 54.4 Å². The SMILES string of the molecule is NC(=O)C1(N2CCCCC2)CCN(CC=C2c3ccccc3CCc3ccccc32)CC1. The Labute approximate surface area is 192 Å². The molecule has 168 valence electrons. The molecule has 1 amide bonds. The zero-order chi connectivity index (χ0) is 22.0. The van der Waals surface area contributed by atoms with Gasteiger partial charge in [0.05, 0.1) is 0 Å². The van der Waals surface area contributed by atoms with Gasteiger partial charge in [0.15, 0.2) is 0 Å². The van der Waals surface area contributed by atoms with Crippen LogP contribution in [0, 0.1) is 0 Å². The average molecular weight is 430 g/mol. The molecule has 2 heterocycles. The van der Waals surface area contributed by atoms with Gasteiger partial charge in [-0.2, -0.15) is 0 Å². The molecule has 0 atom stereocenters. The van der Waals surface area contributed by atoms with E-state index in [1.807, 2.05) is 0 Å². The molecule has 0 spiro atoms. The van der Waals surface area contributed by atoms with Crippen LogP contribution in [0.3, 0.4) is 0 Å². The summed E-state index contributed by atoms with van der Waals surface area (Å²) in [4.78, 5) is 17.4. The largest absolute Gasteiger partial charge is 0.368 e. The maximum absolute atomic E-state index is 12.6. The lowest BCUT2D eigenvalue weighted by Gasteiger charge is -2.48. The Balaban J connectivity index is 1.36. The van der Waals surface area contributed by atoms with Gasteiger partial charge in [0, 0.05) is 19.6 Å². The van der Waals surface area contributed by atoms with Crippen molar-refractivity contribution in [1.82, 2.24) is 9.80 Å². The number of hydrogen-bond donors (Lipinski definition) is 1. The van der Waals surface area contributed by atoms with E-state index in [0.29, 0.717) is 0 Å². The topological polar surface area (TPSA) is 49.6 Å². The second-order valence-electron chi connectivity index (χ2n) is 9.68. The van der Waals surface area contributed by atoms with Gasteiger partial charge >= 0.3 is 0 Å². The number of nitrogens with two attached hydrogens (primary N) is 1. The second kappa shape index (κ2) is 9.21. The lowest BCUT2D eigenvalue weighted by molar-refractivity contribution is -0.134. The van der Waals surface area contributed by atoms with E-state index in [0.717, 1.165) is 58.4 Å². The number of piperidine rings is 2. The van der Waals surface area contributed by atoms with Crippen molar-refractivity contribution in [3.63, 3.8) is 0 Å². The maximum Gasteiger partial charge on any atom is 0.238 e. The standard InChI is InChI=1S/C28H35N3O/c29-27(32)28(31-17-6-1-7-18-31)15-20-30(21-16-28)19-14-26-24-10-4-2-8-22(24)12-13-23-9-3-5-11-25(23)26/h2-5,8-11,14H,1,6-7,12-13,15-21H2,(H2,29,32). The molecule has 2 aromatic rings. The number of likely N-dealkylation sites (tertiary alicyclic amines) is 2. The molecule has 1 aliphatic carbocycles. The first kappa shape index (κ1) is 21.4. The van der Waals surface area contributed by atoms with E-state index in [1.165, 1.54) is 47.1 Å². The highest BCUT2D eigenvalue weighted by molar-refractivity contribution is 5.85. The van der Waals surface area contributed by atoms with Gasteiger partial charge in [-0.1, -0.05) is 61.0 Å². The smallest absolute Gasteiger partial charge is 0.238 e. The molecule has 2 saturated heterocycles. The lowest BCUT2D eigenvalue weighted by Crippen LogP contribution is -2.63. The van der Waals surface area contributed by atoms with Gasteiger partial charge in [-0.25, -0.2) is 0 Å². The van der Waals surface area contributed by atoms with E-state index < -0.39 is 5.54 Å². The van der Waals surface area contributed by atoms with E-state index in [1.54, 1.807) is 0 Å². The molecule has 3 aliphatic rings. The summed E-state index contributed by atoms with van der Waals surface area (Å²) in [5.74, 6) is -0.121. The molecule has 32 heavy (non-hydrogen) atoms. The number of rotatable bonds is 4. The number of aryl methyl sites for hydroxylation is 2. The number of carbonyl (C=O) groups excluding carboxylic acids is 1. The van der Waals surface area contributed by atoms with Gasteiger partial charge in [-0.15, -0.1) is 0 Å². The van der Waals surface area contributed by atoms with Crippen molar-refractivity contribution in [2.45, 2.75) is 50.5 Å². The Kier molecular flexibility index (Phi) is 6.16. The van der Waals surface area contributed by atoms with Crippen LogP contribution in [0.25, 0.3) is 5.57 Å². The minimum atomic E-state index is -0.439. The van der Waals surface area contributed by atoms with Gasteiger partial charge in [0.2, 0.25) is 5.91 Å². The monoisotopic (exact) mass is 429 g/mol. The summed E-state index contributed by atoms with van der Waals surface area (Å²) in [7, 11) is 0. The van der Waals surface area contributed by atoms with E-state index in [2.05, 4.69) is 64.4 Å². The summed E-state index contributed by atoms with van der Waals surface area (Å²) in [5, 5.41) is 0. The van der Waals surface area contributed by atoms with E-state index >= 15 is 0 Å². The third-order valence-electron chi connectivity index (χ3n) is 7.94. The summed E-state index contributed by atoms with van der Waals surface area (Å²) < 4.78 is 0. The van der Waals surface area contributed by atoms with Crippen LogP contribution in [0.5, 0.6) is 0 Å². The average Bonchev–Trinajstić information content (AvgIpc) is 3.00. The summed E-state index contributed by atoms with van der Waals surface area (Å²) in [6.07, 6.45) is 9.93. The summed E-state index contributed by atoms with van der Waals surface area (Å²) in [5.41, 5.74) is 12.5. The maximum atomic E-state index is 12.6. The molecule has 2 fully saturated rings. The van der Waals surface area contributed by atoms with Crippen molar-refractivity contribution in [1.29, 1.82) is 0 Å². The summed E-state index contributed by atoms with van der Waals surface area (Å²) in [6, 6.07) is 17.7. The first-order valence-corrected chi connectivity index (χ1v) is 12.3. The Morgan fingerprint density at radius 1 is 0.844 bits per heavy atom. The molecule has 0 aromatic heterocycles. The molecule has 2 N–H and O–H groups in total. The molecular formula is C28H35N3O. The highest BCUT2D eigenvalue weighted by Gasteiger charge is 2.44. The summed E-state index contributed by atoms with van der Waals surface area (Å²) in [6.45, 7) is 4.78. The molecule has 4 heteroatoms. The van der Waals surface area contributed by atoms with Crippen LogP contribution >= 0.6 is 0 Å². The lowest BCUT2D eigenvalue weighted by atomic mass is 9.83. The highest BCUT2D eigenvalue weighted by atomic mass is 16.1. The fourth-order valence-corrected chi connectivity index (χ4v) is 6.00. The van der Waals surface area contributed by atoms with Gasteiger partial charge < -0.3 is 5.73 Å². The zero-order valence-electron chi connectivity index (χ0n) is 19.1. The highest BCUT2D eigenvalue weighted by Crippen LogP contribution is 2.35. The van der Waals surface area contributed by atoms with E-state index in [-0.39, 0.29) is 5.91 Å². The zero-order valence-corrected chi connectivity index (χ0v) is 19.1. The van der Waals surface area contributed by atoms with Gasteiger partial charge in [0.1, 0.15) is 5.54 Å². The Hall–Kier alpha value is -2.43. The number of amides is 1. The first-order valence-electron chi connectivity index (χ1n) is 12.3. The first-order chi connectivity index (χ1) is 15.7.